The average Bonchev–Trinajstić information content (AvgIpc) is 2.96. The Bertz CT molecular complexity index is 943. The molecular formula is C16H15FN4O2. The first kappa shape index (κ1) is 15.0. The van der Waals surface area contributed by atoms with E-state index in [4.69, 9.17) is 0 Å². The molecule has 7 heteroatoms. The highest BCUT2D eigenvalue weighted by atomic mass is 19.1. The van der Waals surface area contributed by atoms with E-state index in [1.807, 2.05) is 13.8 Å². The molecule has 0 unspecified atom stereocenters. The van der Waals surface area contributed by atoms with Gasteiger partial charge in [0.2, 0.25) is 5.43 Å². The van der Waals surface area contributed by atoms with E-state index in [9.17, 15) is 14.0 Å². The summed E-state index contributed by atoms with van der Waals surface area (Å²) in [6.07, 6.45) is 2.89. The van der Waals surface area contributed by atoms with E-state index in [-0.39, 0.29) is 17.0 Å². The SMILES string of the molecule is CC(C)n1nccc1NC(=O)c1c[nH]c2ccc(F)cc2c1=O. The van der Waals surface area contributed by atoms with Gasteiger partial charge in [0.15, 0.2) is 0 Å². The van der Waals surface area contributed by atoms with Gasteiger partial charge in [-0.25, -0.2) is 9.07 Å². The largest absolute Gasteiger partial charge is 0.360 e. The van der Waals surface area contributed by atoms with Gasteiger partial charge in [-0.3, -0.25) is 9.59 Å². The van der Waals surface area contributed by atoms with E-state index in [2.05, 4.69) is 15.4 Å². The molecule has 2 heterocycles. The third kappa shape index (κ3) is 2.73. The number of H-pyrrole nitrogens is 1. The van der Waals surface area contributed by atoms with Crippen LogP contribution in [0.5, 0.6) is 0 Å². The fourth-order valence-electron chi connectivity index (χ4n) is 2.37. The van der Waals surface area contributed by atoms with Crippen molar-refractivity contribution in [2.24, 2.45) is 0 Å². The van der Waals surface area contributed by atoms with Crippen molar-refractivity contribution in [2.45, 2.75) is 19.9 Å². The number of amides is 1. The fraction of sp³-hybridized carbons (Fsp3) is 0.188. The first-order valence-electron chi connectivity index (χ1n) is 7.13. The Labute approximate surface area is 130 Å². The molecule has 0 saturated heterocycles. The van der Waals surface area contributed by atoms with Gasteiger partial charge in [0, 0.05) is 29.2 Å². The number of hydrogen-bond donors (Lipinski definition) is 2. The molecule has 23 heavy (non-hydrogen) atoms. The number of fused-ring (bicyclic) bond motifs is 1. The van der Waals surface area contributed by atoms with E-state index in [1.165, 1.54) is 18.3 Å². The molecular weight excluding hydrogens is 299 g/mol. The highest BCUT2D eigenvalue weighted by Gasteiger charge is 2.16. The minimum atomic E-state index is -0.570. The van der Waals surface area contributed by atoms with E-state index in [0.717, 1.165) is 6.07 Å². The van der Waals surface area contributed by atoms with E-state index in [1.54, 1.807) is 16.9 Å². The lowest BCUT2D eigenvalue weighted by atomic mass is 10.1. The number of nitrogens with zero attached hydrogens (tertiary/aromatic N) is 2. The Balaban J connectivity index is 2.00. The van der Waals surface area contributed by atoms with Gasteiger partial charge in [-0.1, -0.05) is 0 Å². The van der Waals surface area contributed by atoms with Crippen molar-refractivity contribution in [1.29, 1.82) is 0 Å². The number of rotatable bonds is 3. The van der Waals surface area contributed by atoms with E-state index >= 15 is 0 Å². The summed E-state index contributed by atoms with van der Waals surface area (Å²) in [5.74, 6) is -0.609. The predicted octanol–water partition coefficient (Wildman–Crippen LogP) is 2.70. The van der Waals surface area contributed by atoms with Crippen LogP contribution in [0, 0.1) is 5.82 Å². The number of nitrogens with one attached hydrogen (secondary N) is 2. The van der Waals surface area contributed by atoms with Crippen molar-refractivity contribution in [1.82, 2.24) is 14.8 Å². The summed E-state index contributed by atoms with van der Waals surface area (Å²) in [5, 5.41) is 6.90. The fourth-order valence-corrected chi connectivity index (χ4v) is 2.37. The first-order chi connectivity index (χ1) is 11.0. The van der Waals surface area contributed by atoms with Gasteiger partial charge < -0.3 is 10.3 Å². The number of aromatic amines is 1. The summed E-state index contributed by atoms with van der Waals surface area (Å²) in [7, 11) is 0. The van der Waals surface area contributed by atoms with Crippen molar-refractivity contribution < 1.29 is 9.18 Å². The molecule has 1 amide bonds. The van der Waals surface area contributed by atoms with Crippen molar-refractivity contribution in [3.63, 3.8) is 0 Å². The number of anilines is 1. The number of benzene rings is 1. The Kier molecular flexibility index (Phi) is 3.69. The molecule has 0 radical (unpaired) electrons. The highest BCUT2D eigenvalue weighted by Crippen LogP contribution is 2.15. The van der Waals surface area contributed by atoms with E-state index < -0.39 is 17.2 Å². The van der Waals surface area contributed by atoms with Crippen molar-refractivity contribution in [2.75, 3.05) is 5.32 Å². The smallest absolute Gasteiger partial charge is 0.262 e. The second kappa shape index (κ2) is 5.68. The molecule has 6 nitrogen and oxygen atoms in total. The minimum Gasteiger partial charge on any atom is -0.360 e. The molecule has 3 aromatic rings. The van der Waals surface area contributed by atoms with Crippen LogP contribution in [0.1, 0.15) is 30.2 Å². The van der Waals surface area contributed by atoms with Gasteiger partial charge >= 0.3 is 0 Å². The molecule has 1 aromatic carbocycles. The zero-order chi connectivity index (χ0) is 16.6. The second-order valence-corrected chi connectivity index (χ2v) is 5.43. The maximum atomic E-state index is 13.3. The van der Waals surface area contributed by atoms with Crippen LogP contribution in [-0.2, 0) is 0 Å². The van der Waals surface area contributed by atoms with Crippen LogP contribution < -0.4 is 10.7 Å². The summed E-state index contributed by atoms with van der Waals surface area (Å²) < 4.78 is 15.0. The van der Waals surface area contributed by atoms with E-state index in [0.29, 0.717) is 11.3 Å². The van der Waals surface area contributed by atoms with Crippen LogP contribution >= 0.6 is 0 Å². The van der Waals surface area contributed by atoms with Crippen molar-refractivity contribution >= 4 is 22.6 Å². The molecule has 0 saturated carbocycles. The lowest BCUT2D eigenvalue weighted by molar-refractivity contribution is 0.102. The van der Waals surface area contributed by atoms with Gasteiger partial charge in [-0.15, -0.1) is 0 Å². The number of hydrogen-bond acceptors (Lipinski definition) is 3. The van der Waals surface area contributed by atoms with Gasteiger partial charge in [-0.2, -0.15) is 5.10 Å². The summed E-state index contributed by atoms with van der Waals surface area (Å²) in [4.78, 5) is 27.6. The van der Waals surface area contributed by atoms with Crippen LogP contribution in [0.3, 0.4) is 0 Å². The predicted molar refractivity (Wildman–Crippen MR) is 85.1 cm³/mol. The maximum absolute atomic E-state index is 13.3. The molecule has 0 spiro atoms. The van der Waals surface area contributed by atoms with Crippen molar-refractivity contribution in [3.8, 4) is 0 Å². The lowest BCUT2D eigenvalue weighted by Gasteiger charge is -2.11. The van der Waals surface area contributed by atoms with Gasteiger partial charge in [0.1, 0.15) is 17.2 Å². The van der Waals surface area contributed by atoms with Gasteiger partial charge in [0.05, 0.1) is 6.20 Å². The van der Waals surface area contributed by atoms with Crippen LogP contribution in [0.2, 0.25) is 0 Å². The Morgan fingerprint density at radius 1 is 1.35 bits per heavy atom. The average molecular weight is 314 g/mol. The molecule has 2 N–H and O–H groups in total. The molecule has 0 aliphatic rings. The van der Waals surface area contributed by atoms with Crippen LogP contribution in [0.4, 0.5) is 10.2 Å². The van der Waals surface area contributed by atoms with Crippen LogP contribution in [-0.4, -0.2) is 20.7 Å². The number of carbonyl (C=O) groups is 1. The number of carbonyl (C=O) groups excluding carboxylic acids is 1. The Morgan fingerprint density at radius 2 is 2.13 bits per heavy atom. The number of halogens is 1. The lowest BCUT2D eigenvalue weighted by Crippen LogP contribution is -2.23. The molecule has 0 bridgehead atoms. The highest BCUT2D eigenvalue weighted by molar-refractivity contribution is 6.05. The quantitative estimate of drug-likeness (QED) is 0.780. The summed E-state index contributed by atoms with van der Waals surface area (Å²) >= 11 is 0. The topological polar surface area (TPSA) is 79.8 Å². The number of pyridine rings is 1. The van der Waals surface area contributed by atoms with Gasteiger partial charge in [0.25, 0.3) is 5.91 Å². The van der Waals surface area contributed by atoms with Gasteiger partial charge in [-0.05, 0) is 32.0 Å². The monoisotopic (exact) mass is 314 g/mol. The minimum absolute atomic E-state index is 0.0595. The Hall–Kier alpha value is -2.96. The zero-order valence-electron chi connectivity index (χ0n) is 12.6. The summed E-state index contributed by atoms with van der Waals surface area (Å²) in [6, 6.07) is 5.53. The third-order valence-electron chi connectivity index (χ3n) is 3.49. The second-order valence-electron chi connectivity index (χ2n) is 5.43. The standard InChI is InChI=1S/C16H15FN4O2/c1-9(2)21-14(5-6-19-21)20-16(23)12-8-18-13-4-3-10(17)7-11(13)15(12)22/h3-9H,1-2H3,(H,18,22)(H,20,23). The first-order valence-corrected chi connectivity index (χ1v) is 7.13. The van der Waals surface area contributed by atoms with Crippen LogP contribution in [0.15, 0.2) is 41.5 Å². The third-order valence-corrected chi connectivity index (χ3v) is 3.49. The number of aromatic nitrogens is 3. The maximum Gasteiger partial charge on any atom is 0.262 e. The van der Waals surface area contributed by atoms with Crippen molar-refractivity contribution in [3.05, 3.63) is 58.3 Å². The Morgan fingerprint density at radius 3 is 2.87 bits per heavy atom. The zero-order valence-corrected chi connectivity index (χ0v) is 12.6. The molecule has 0 aliphatic carbocycles. The molecule has 0 fully saturated rings. The normalized spacial score (nSPS) is 11.1. The molecule has 118 valence electrons. The molecule has 2 aromatic heterocycles. The molecule has 0 atom stereocenters. The van der Waals surface area contributed by atoms with Crippen LogP contribution in [0.25, 0.3) is 10.9 Å². The summed E-state index contributed by atoms with van der Waals surface area (Å²) in [5.41, 5.74) is -0.133. The molecule has 0 aliphatic heterocycles. The summed E-state index contributed by atoms with van der Waals surface area (Å²) in [6.45, 7) is 3.85. The molecule has 3 rings (SSSR count).